The van der Waals surface area contributed by atoms with Gasteiger partial charge in [0, 0.05) is 13.5 Å². The molecule has 19 heavy (non-hydrogen) atoms. The molecule has 3 heteroatoms. The van der Waals surface area contributed by atoms with Gasteiger partial charge in [0.15, 0.2) is 0 Å². The molecule has 2 atom stereocenters. The van der Waals surface area contributed by atoms with Gasteiger partial charge in [0.05, 0.1) is 6.61 Å². The van der Waals surface area contributed by atoms with Gasteiger partial charge in [-0.2, -0.15) is 0 Å². The second-order valence-corrected chi connectivity index (χ2v) is 6.94. The van der Waals surface area contributed by atoms with Crippen LogP contribution < -0.4 is 0 Å². The molecule has 0 unspecified atom stereocenters. The third-order valence-electron chi connectivity index (χ3n) is 5.37. The van der Waals surface area contributed by atoms with E-state index in [9.17, 15) is 4.79 Å². The third-order valence-corrected chi connectivity index (χ3v) is 5.37. The van der Waals surface area contributed by atoms with E-state index < -0.39 is 0 Å². The molecule has 2 fully saturated rings. The van der Waals surface area contributed by atoms with Crippen molar-refractivity contribution in [3.63, 3.8) is 0 Å². The molecule has 110 valence electrons. The molecule has 3 nitrogen and oxygen atoms in total. The Hall–Kier alpha value is -0.570. The molecule has 0 N–H and O–H groups in total. The first-order chi connectivity index (χ1) is 9.00. The highest BCUT2D eigenvalue weighted by atomic mass is 16.5. The lowest BCUT2D eigenvalue weighted by Crippen LogP contribution is -2.51. The Balaban J connectivity index is 1.72. The lowest BCUT2D eigenvalue weighted by molar-refractivity contribution is -0.143. The van der Waals surface area contributed by atoms with Crippen molar-refractivity contribution in [2.24, 2.45) is 17.3 Å². The minimum atomic E-state index is -0.151. The number of likely N-dealkylation sites (tertiary alicyclic amines) is 1. The predicted molar refractivity (Wildman–Crippen MR) is 76.9 cm³/mol. The van der Waals surface area contributed by atoms with Gasteiger partial charge in [0.25, 0.3) is 0 Å². The molecule has 0 aromatic carbocycles. The highest BCUT2D eigenvalue weighted by Gasteiger charge is 2.47. The van der Waals surface area contributed by atoms with Crippen LogP contribution in [0.2, 0.25) is 0 Å². The van der Waals surface area contributed by atoms with Crippen LogP contribution in [-0.4, -0.2) is 37.1 Å². The van der Waals surface area contributed by atoms with Crippen LogP contribution in [0, 0.1) is 17.3 Å². The minimum Gasteiger partial charge on any atom is -0.466 e. The quantitative estimate of drug-likeness (QED) is 0.717. The van der Waals surface area contributed by atoms with Gasteiger partial charge in [-0.05, 0) is 56.0 Å². The molecular weight excluding hydrogens is 238 g/mol. The summed E-state index contributed by atoms with van der Waals surface area (Å²) in [6, 6.07) is 0. The van der Waals surface area contributed by atoms with Gasteiger partial charge in [-0.25, -0.2) is 0 Å². The highest BCUT2D eigenvalue weighted by Crippen LogP contribution is 2.53. The lowest BCUT2D eigenvalue weighted by atomic mass is 9.53. The van der Waals surface area contributed by atoms with E-state index in [1.54, 1.807) is 0 Å². The zero-order valence-electron chi connectivity index (χ0n) is 12.8. The van der Waals surface area contributed by atoms with Crippen LogP contribution in [0.25, 0.3) is 0 Å². The topological polar surface area (TPSA) is 29.5 Å². The zero-order valence-corrected chi connectivity index (χ0v) is 12.8. The predicted octanol–water partition coefficient (Wildman–Crippen LogP) is 3.09. The molecule has 1 saturated heterocycles. The summed E-state index contributed by atoms with van der Waals surface area (Å²) in [6.45, 7) is 10.7. The second-order valence-electron chi connectivity index (χ2n) is 6.94. The van der Waals surface area contributed by atoms with Gasteiger partial charge in [0.2, 0.25) is 0 Å². The molecule has 0 radical (unpaired) electrons. The summed E-state index contributed by atoms with van der Waals surface area (Å²) in [5.74, 6) is 1.40. The minimum absolute atomic E-state index is 0.151. The van der Waals surface area contributed by atoms with Crippen LogP contribution in [0.5, 0.6) is 0 Å². The van der Waals surface area contributed by atoms with Crippen molar-refractivity contribution in [3.05, 3.63) is 0 Å². The van der Waals surface area contributed by atoms with E-state index in [1.165, 1.54) is 52.2 Å². The number of piperidine rings is 1. The smallest absolute Gasteiger partial charge is 0.302 e. The van der Waals surface area contributed by atoms with Crippen LogP contribution in [0.15, 0.2) is 0 Å². The van der Waals surface area contributed by atoms with E-state index in [0.29, 0.717) is 12.0 Å². The van der Waals surface area contributed by atoms with Crippen LogP contribution >= 0.6 is 0 Å². The summed E-state index contributed by atoms with van der Waals surface area (Å²) in [5, 5.41) is 0. The van der Waals surface area contributed by atoms with Crippen LogP contribution in [-0.2, 0) is 9.53 Å². The van der Waals surface area contributed by atoms with Gasteiger partial charge in [-0.3, -0.25) is 4.79 Å². The average molecular weight is 267 g/mol. The van der Waals surface area contributed by atoms with E-state index in [0.717, 1.165) is 18.3 Å². The third kappa shape index (κ3) is 3.71. The van der Waals surface area contributed by atoms with Crippen molar-refractivity contribution in [1.29, 1.82) is 0 Å². The Morgan fingerprint density at radius 2 is 1.89 bits per heavy atom. The largest absolute Gasteiger partial charge is 0.466 e. The summed E-state index contributed by atoms with van der Waals surface area (Å²) in [7, 11) is 0. The van der Waals surface area contributed by atoms with Crippen molar-refractivity contribution in [3.8, 4) is 0 Å². The first kappa shape index (κ1) is 14.8. The number of nitrogens with zero attached hydrogens (tertiary/aromatic N) is 1. The fourth-order valence-corrected chi connectivity index (χ4v) is 3.72. The van der Waals surface area contributed by atoms with Gasteiger partial charge in [-0.1, -0.05) is 20.3 Å². The molecule has 1 aliphatic heterocycles. The SMILES string of the molecule is CC(=O)OCC[C@H]1C[C@@H](CN2CCCCC2)C1(C)C. The fourth-order valence-electron chi connectivity index (χ4n) is 3.72. The molecule has 1 heterocycles. The highest BCUT2D eigenvalue weighted by molar-refractivity contribution is 5.65. The number of hydrogen-bond acceptors (Lipinski definition) is 3. The van der Waals surface area contributed by atoms with E-state index in [1.807, 2.05) is 0 Å². The Kier molecular flexibility index (Phi) is 4.88. The first-order valence-electron chi connectivity index (χ1n) is 7.86. The van der Waals surface area contributed by atoms with Gasteiger partial charge < -0.3 is 9.64 Å². The summed E-state index contributed by atoms with van der Waals surface area (Å²) in [4.78, 5) is 13.4. The fraction of sp³-hybridized carbons (Fsp3) is 0.938. The molecule has 2 aliphatic rings. The Bertz CT molecular complexity index is 308. The summed E-state index contributed by atoms with van der Waals surface area (Å²) in [5.41, 5.74) is 0.414. The number of carbonyl (C=O) groups excluding carboxylic acids is 1. The Morgan fingerprint density at radius 3 is 2.47 bits per heavy atom. The van der Waals surface area contributed by atoms with E-state index >= 15 is 0 Å². The standard InChI is InChI=1S/C16H29NO2/c1-13(18)19-10-7-14-11-15(16(14,2)3)12-17-8-5-4-6-9-17/h14-15H,4-12H2,1-3H3/t14-,15-/m0/s1. The maximum atomic E-state index is 10.8. The number of esters is 1. The summed E-state index contributed by atoms with van der Waals surface area (Å²) >= 11 is 0. The lowest BCUT2D eigenvalue weighted by Gasteiger charge is -2.54. The summed E-state index contributed by atoms with van der Waals surface area (Å²) in [6.07, 6.45) is 6.51. The Labute approximate surface area is 117 Å². The molecule has 0 spiro atoms. The van der Waals surface area contributed by atoms with Crippen LogP contribution in [0.4, 0.5) is 0 Å². The second kappa shape index (κ2) is 6.25. The molecular formula is C16H29NO2. The maximum absolute atomic E-state index is 10.8. The van der Waals surface area contributed by atoms with Crippen LogP contribution in [0.1, 0.15) is 52.9 Å². The van der Waals surface area contributed by atoms with Gasteiger partial charge in [-0.15, -0.1) is 0 Å². The van der Waals surface area contributed by atoms with Gasteiger partial charge >= 0.3 is 5.97 Å². The molecule has 1 aliphatic carbocycles. The number of rotatable bonds is 5. The molecule has 0 aromatic heterocycles. The van der Waals surface area contributed by atoms with Crippen LogP contribution in [0.3, 0.4) is 0 Å². The first-order valence-corrected chi connectivity index (χ1v) is 7.86. The van der Waals surface area contributed by atoms with Crippen molar-refractivity contribution >= 4 is 5.97 Å². The van der Waals surface area contributed by atoms with Gasteiger partial charge in [0.1, 0.15) is 0 Å². The Morgan fingerprint density at radius 1 is 1.21 bits per heavy atom. The number of ether oxygens (including phenoxy) is 1. The average Bonchev–Trinajstić information content (AvgIpc) is 2.37. The number of carbonyl (C=O) groups is 1. The molecule has 2 rings (SSSR count). The summed E-state index contributed by atoms with van der Waals surface area (Å²) < 4.78 is 5.08. The van der Waals surface area contributed by atoms with Crippen molar-refractivity contribution in [2.75, 3.05) is 26.2 Å². The van der Waals surface area contributed by atoms with E-state index in [4.69, 9.17) is 4.74 Å². The van der Waals surface area contributed by atoms with E-state index in [-0.39, 0.29) is 5.97 Å². The monoisotopic (exact) mass is 267 g/mol. The van der Waals surface area contributed by atoms with E-state index in [2.05, 4.69) is 18.7 Å². The molecule has 1 saturated carbocycles. The van der Waals surface area contributed by atoms with Crippen molar-refractivity contribution in [2.45, 2.75) is 52.9 Å². The molecule has 0 amide bonds. The molecule has 0 aromatic rings. The maximum Gasteiger partial charge on any atom is 0.302 e. The normalized spacial score (nSPS) is 30.7. The zero-order chi connectivity index (χ0) is 13.9. The van der Waals surface area contributed by atoms with Crippen molar-refractivity contribution < 1.29 is 9.53 Å². The number of hydrogen-bond donors (Lipinski definition) is 0. The van der Waals surface area contributed by atoms with Crippen molar-refractivity contribution in [1.82, 2.24) is 4.90 Å². The molecule has 0 bridgehead atoms.